The average Bonchev–Trinajstić information content (AvgIpc) is 2.54. The molecule has 2 amide bonds. The van der Waals surface area contributed by atoms with Crippen LogP contribution in [-0.2, 0) is 4.79 Å². The average molecular weight is 376 g/mol. The second-order valence-electron chi connectivity index (χ2n) is 5.18. The van der Waals surface area contributed by atoms with Crippen molar-refractivity contribution in [3.8, 4) is 0 Å². The molecule has 0 unspecified atom stereocenters. The summed E-state index contributed by atoms with van der Waals surface area (Å²) in [5, 5.41) is 5.34. The summed E-state index contributed by atoms with van der Waals surface area (Å²) >= 11 is 3.31. The van der Waals surface area contributed by atoms with Crippen molar-refractivity contribution in [1.29, 1.82) is 0 Å². The Morgan fingerprint density at radius 1 is 1.00 bits per heavy atom. The predicted molar refractivity (Wildman–Crippen MR) is 95.9 cm³/mol. The highest BCUT2D eigenvalue weighted by Gasteiger charge is 2.08. The maximum atomic E-state index is 11.9. The van der Waals surface area contributed by atoms with Gasteiger partial charge in [0.1, 0.15) is 0 Å². The number of nitrogens with zero attached hydrogens (tertiary/aromatic N) is 1. The number of amides is 2. The Bertz CT molecular complexity index is 682. The molecular formula is C17H18BrN3O2. The van der Waals surface area contributed by atoms with Crippen LogP contribution in [0.5, 0.6) is 0 Å². The van der Waals surface area contributed by atoms with Crippen LogP contribution >= 0.6 is 15.9 Å². The van der Waals surface area contributed by atoms with Crippen LogP contribution in [0.1, 0.15) is 10.4 Å². The Morgan fingerprint density at radius 3 is 2.17 bits per heavy atom. The van der Waals surface area contributed by atoms with E-state index in [1.807, 2.05) is 43.3 Å². The summed E-state index contributed by atoms with van der Waals surface area (Å²) in [5.41, 5.74) is 2.25. The molecular weight excluding hydrogens is 358 g/mol. The number of hydrogen-bond acceptors (Lipinski definition) is 3. The van der Waals surface area contributed by atoms with E-state index >= 15 is 0 Å². The molecule has 23 heavy (non-hydrogen) atoms. The molecule has 0 aliphatic heterocycles. The fraction of sp³-hybridized carbons (Fsp3) is 0.176. The van der Waals surface area contributed by atoms with E-state index < -0.39 is 0 Å². The Balaban J connectivity index is 1.85. The van der Waals surface area contributed by atoms with E-state index in [2.05, 4.69) is 26.6 Å². The molecule has 0 heterocycles. The molecule has 0 fully saturated rings. The topological polar surface area (TPSA) is 61.4 Å². The minimum atomic E-state index is -0.282. The maximum absolute atomic E-state index is 11.9. The van der Waals surface area contributed by atoms with E-state index in [4.69, 9.17) is 0 Å². The lowest BCUT2D eigenvalue weighted by Gasteiger charge is -2.13. The Labute approximate surface area is 143 Å². The zero-order valence-corrected chi connectivity index (χ0v) is 14.6. The van der Waals surface area contributed by atoms with Gasteiger partial charge in [0.05, 0.1) is 6.54 Å². The van der Waals surface area contributed by atoms with Gasteiger partial charge < -0.3 is 15.5 Å². The lowest BCUT2D eigenvalue weighted by molar-refractivity contribution is -0.115. The summed E-state index contributed by atoms with van der Waals surface area (Å²) < 4.78 is 0.896. The van der Waals surface area contributed by atoms with E-state index in [9.17, 15) is 9.59 Å². The first-order chi connectivity index (χ1) is 11.0. The monoisotopic (exact) mass is 375 g/mol. The maximum Gasteiger partial charge on any atom is 0.251 e. The first-order valence-electron chi connectivity index (χ1n) is 7.07. The summed E-state index contributed by atoms with van der Waals surface area (Å²) in [5.74, 6) is -0.552. The van der Waals surface area contributed by atoms with E-state index in [-0.39, 0.29) is 18.4 Å². The van der Waals surface area contributed by atoms with E-state index in [1.54, 1.807) is 24.3 Å². The SMILES string of the molecule is CN(C)c1ccc(NC(=O)CNC(=O)c2ccc(Br)cc2)cc1. The van der Waals surface area contributed by atoms with E-state index in [0.717, 1.165) is 10.2 Å². The normalized spacial score (nSPS) is 10.0. The largest absolute Gasteiger partial charge is 0.378 e. The number of anilines is 2. The summed E-state index contributed by atoms with van der Waals surface area (Å²) in [6.07, 6.45) is 0. The molecule has 2 aromatic rings. The van der Waals surface area contributed by atoms with Crippen LogP contribution in [0.15, 0.2) is 53.0 Å². The minimum absolute atomic E-state index is 0.0790. The van der Waals surface area contributed by atoms with Crippen molar-refractivity contribution in [3.63, 3.8) is 0 Å². The number of halogens is 1. The molecule has 0 aliphatic carbocycles. The number of carbonyl (C=O) groups is 2. The zero-order chi connectivity index (χ0) is 16.8. The smallest absolute Gasteiger partial charge is 0.251 e. The zero-order valence-electron chi connectivity index (χ0n) is 13.0. The molecule has 0 saturated carbocycles. The van der Waals surface area contributed by atoms with Crippen LogP contribution in [0.3, 0.4) is 0 Å². The molecule has 5 nitrogen and oxygen atoms in total. The van der Waals surface area contributed by atoms with Crippen LogP contribution in [0.25, 0.3) is 0 Å². The third-order valence-corrected chi connectivity index (χ3v) is 3.71. The van der Waals surface area contributed by atoms with Crippen molar-refractivity contribution in [2.45, 2.75) is 0 Å². The molecule has 0 aliphatic rings. The van der Waals surface area contributed by atoms with Crippen LogP contribution in [-0.4, -0.2) is 32.5 Å². The van der Waals surface area contributed by atoms with Crippen molar-refractivity contribution in [2.75, 3.05) is 30.9 Å². The van der Waals surface area contributed by atoms with E-state index in [1.165, 1.54) is 0 Å². The van der Waals surface area contributed by atoms with Gasteiger partial charge in [0.2, 0.25) is 5.91 Å². The van der Waals surface area contributed by atoms with Crippen LogP contribution < -0.4 is 15.5 Å². The molecule has 0 atom stereocenters. The molecule has 0 spiro atoms. The van der Waals surface area contributed by atoms with Gasteiger partial charge in [-0.2, -0.15) is 0 Å². The van der Waals surface area contributed by atoms with Crippen LogP contribution in [0.2, 0.25) is 0 Å². The van der Waals surface area contributed by atoms with Crippen LogP contribution in [0.4, 0.5) is 11.4 Å². The summed E-state index contributed by atoms with van der Waals surface area (Å²) in [7, 11) is 3.90. The van der Waals surface area contributed by atoms with Gasteiger partial charge in [-0.1, -0.05) is 15.9 Å². The molecule has 0 aromatic heterocycles. The van der Waals surface area contributed by atoms with Crippen LogP contribution in [0, 0.1) is 0 Å². The quantitative estimate of drug-likeness (QED) is 0.844. The molecule has 0 radical (unpaired) electrons. The fourth-order valence-electron chi connectivity index (χ4n) is 1.91. The van der Waals surface area contributed by atoms with Gasteiger partial charge in [0.25, 0.3) is 5.91 Å². The van der Waals surface area contributed by atoms with Gasteiger partial charge in [-0.3, -0.25) is 9.59 Å². The van der Waals surface area contributed by atoms with Crippen molar-refractivity contribution < 1.29 is 9.59 Å². The first kappa shape index (κ1) is 17.0. The second kappa shape index (κ2) is 7.78. The second-order valence-corrected chi connectivity index (χ2v) is 6.09. The molecule has 6 heteroatoms. The molecule has 0 bridgehead atoms. The Morgan fingerprint density at radius 2 is 1.61 bits per heavy atom. The highest BCUT2D eigenvalue weighted by molar-refractivity contribution is 9.10. The highest BCUT2D eigenvalue weighted by Crippen LogP contribution is 2.15. The van der Waals surface area contributed by atoms with Crippen molar-refractivity contribution in [3.05, 3.63) is 58.6 Å². The lowest BCUT2D eigenvalue weighted by atomic mass is 10.2. The predicted octanol–water partition coefficient (Wildman–Crippen LogP) is 2.88. The Kier molecular flexibility index (Phi) is 5.76. The van der Waals surface area contributed by atoms with Gasteiger partial charge in [0, 0.05) is 35.5 Å². The summed E-state index contributed by atoms with van der Waals surface area (Å²) in [6, 6.07) is 14.4. The molecule has 2 rings (SSSR count). The molecule has 120 valence electrons. The molecule has 0 saturated heterocycles. The standard InChI is InChI=1S/C17H18BrN3O2/c1-21(2)15-9-7-14(8-10-15)20-16(22)11-19-17(23)12-3-5-13(18)6-4-12/h3-10H,11H2,1-2H3,(H,19,23)(H,20,22). The minimum Gasteiger partial charge on any atom is -0.378 e. The fourth-order valence-corrected chi connectivity index (χ4v) is 2.18. The number of benzene rings is 2. The number of nitrogens with one attached hydrogen (secondary N) is 2. The van der Waals surface area contributed by atoms with Gasteiger partial charge in [-0.15, -0.1) is 0 Å². The first-order valence-corrected chi connectivity index (χ1v) is 7.86. The van der Waals surface area contributed by atoms with Crippen molar-refractivity contribution in [1.82, 2.24) is 5.32 Å². The van der Waals surface area contributed by atoms with Gasteiger partial charge in [-0.25, -0.2) is 0 Å². The van der Waals surface area contributed by atoms with Gasteiger partial charge in [0.15, 0.2) is 0 Å². The highest BCUT2D eigenvalue weighted by atomic mass is 79.9. The number of hydrogen-bond donors (Lipinski definition) is 2. The number of rotatable bonds is 5. The van der Waals surface area contributed by atoms with Gasteiger partial charge in [-0.05, 0) is 48.5 Å². The summed E-state index contributed by atoms with van der Waals surface area (Å²) in [4.78, 5) is 25.8. The van der Waals surface area contributed by atoms with E-state index in [0.29, 0.717) is 11.3 Å². The summed E-state index contributed by atoms with van der Waals surface area (Å²) in [6.45, 7) is -0.0790. The molecule has 2 N–H and O–H groups in total. The van der Waals surface area contributed by atoms with Crippen molar-refractivity contribution >= 4 is 39.1 Å². The number of carbonyl (C=O) groups excluding carboxylic acids is 2. The molecule has 2 aromatic carbocycles. The van der Waals surface area contributed by atoms with Crippen molar-refractivity contribution in [2.24, 2.45) is 0 Å². The Hall–Kier alpha value is -2.34. The third kappa shape index (κ3) is 5.10. The third-order valence-electron chi connectivity index (χ3n) is 3.18. The van der Waals surface area contributed by atoms with Gasteiger partial charge >= 0.3 is 0 Å². The lowest BCUT2D eigenvalue weighted by Crippen LogP contribution is -2.32.